The van der Waals surface area contributed by atoms with Crippen molar-refractivity contribution in [3.8, 4) is 11.5 Å². The van der Waals surface area contributed by atoms with E-state index in [1.165, 1.54) is 17.7 Å². The third-order valence-corrected chi connectivity index (χ3v) is 3.73. The number of ether oxygens (including phenoxy) is 1. The highest BCUT2D eigenvalue weighted by molar-refractivity contribution is 6.14. The van der Waals surface area contributed by atoms with E-state index >= 15 is 0 Å². The Morgan fingerprint density at radius 2 is 1.73 bits per heavy atom. The Morgan fingerprint density at radius 1 is 1.05 bits per heavy atom. The number of carbonyl (C=O) groups is 1. The number of carbonyl (C=O) groups excluding carboxylic acids is 1. The van der Waals surface area contributed by atoms with E-state index in [2.05, 4.69) is 32.9 Å². The molecule has 3 heteroatoms. The van der Waals surface area contributed by atoms with E-state index in [1.54, 1.807) is 12.1 Å². The van der Waals surface area contributed by atoms with E-state index in [9.17, 15) is 9.90 Å². The Bertz CT molecular complexity index is 762. The maximum atomic E-state index is 12.3. The smallest absolute Gasteiger partial charge is 0.231 e. The van der Waals surface area contributed by atoms with Crippen LogP contribution in [0.25, 0.3) is 6.08 Å². The van der Waals surface area contributed by atoms with Crippen LogP contribution < -0.4 is 4.74 Å². The minimum Gasteiger partial charge on any atom is -0.508 e. The van der Waals surface area contributed by atoms with Crippen LogP contribution >= 0.6 is 0 Å². The maximum absolute atomic E-state index is 12.3. The number of ketones is 1. The predicted molar refractivity (Wildman–Crippen MR) is 86.2 cm³/mol. The van der Waals surface area contributed by atoms with Gasteiger partial charge in [0, 0.05) is 6.07 Å². The van der Waals surface area contributed by atoms with Crippen molar-refractivity contribution in [1.29, 1.82) is 0 Å². The van der Waals surface area contributed by atoms with Crippen LogP contribution in [0.2, 0.25) is 0 Å². The molecule has 1 aliphatic rings. The third kappa shape index (κ3) is 2.62. The lowest BCUT2D eigenvalue weighted by Crippen LogP contribution is -2.10. The zero-order valence-electron chi connectivity index (χ0n) is 12.9. The molecule has 0 saturated carbocycles. The fourth-order valence-electron chi connectivity index (χ4n) is 2.41. The monoisotopic (exact) mass is 294 g/mol. The van der Waals surface area contributed by atoms with Gasteiger partial charge in [0.2, 0.25) is 5.78 Å². The molecule has 1 N–H and O–H groups in total. The number of Topliss-reactive ketones (excluding diaryl/α,β-unsaturated/α-hetero) is 1. The molecular formula is C19H18O3. The van der Waals surface area contributed by atoms with Crippen molar-refractivity contribution in [2.45, 2.75) is 26.2 Å². The van der Waals surface area contributed by atoms with E-state index in [0.717, 1.165) is 5.56 Å². The first kappa shape index (κ1) is 14.4. The average Bonchev–Trinajstić information content (AvgIpc) is 2.74. The minimum absolute atomic E-state index is 0.0855. The predicted octanol–water partition coefficient (Wildman–Crippen LogP) is 4.31. The van der Waals surface area contributed by atoms with Gasteiger partial charge in [0.15, 0.2) is 5.76 Å². The Balaban J connectivity index is 1.90. The number of hydrogen-bond donors (Lipinski definition) is 1. The summed E-state index contributed by atoms with van der Waals surface area (Å²) in [7, 11) is 0. The van der Waals surface area contributed by atoms with Crippen molar-refractivity contribution in [2.24, 2.45) is 0 Å². The van der Waals surface area contributed by atoms with Crippen LogP contribution in [-0.4, -0.2) is 10.9 Å². The molecule has 22 heavy (non-hydrogen) atoms. The Labute approximate surface area is 129 Å². The van der Waals surface area contributed by atoms with Crippen molar-refractivity contribution in [1.82, 2.24) is 0 Å². The number of phenols is 1. The second kappa shape index (κ2) is 5.02. The van der Waals surface area contributed by atoms with Crippen LogP contribution in [0.4, 0.5) is 0 Å². The molecule has 3 rings (SSSR count). The van der Waals surface area contributed by atoms with E-state index in [0.29, 0.717) is 11.3 Å². The summed E-state index contributed by atoms with van der Waals surface area (Å²) >= 11 is 0. The summed E-state index contributed by atoms with van der Waals surface area (Å²) in [6.07, 6.45) is 1.73. The molecule has 3 nitrogen and oxygen atoms in total. The summed E-state index contributed by atoms with van der Waals surface area (Å²) in [5.74, 6) is 0.615. The normalized spacial score (nSPS) is 15.8. The molecule has 0 saturated heterocycles. The Kier molecular flexibility index (Phi) is 3.28. The number of benzene rings is 2. The highest BCUT2D eigenvalue weighted by Crippen LogP contribution is 2.34. The minimum atomic E-state index is -0.158. The molecule has 0 spiro atoms. The molecule has 1 heterocycles. The summed E-state index contributed by atoms with van der Waals surface area (Å²) in [5.41, 5.74) is 2.73. The van der Waals surface area contributed by atoms with E-state index in [4.69, 9.17) is 4.74 Å². The molecule has 0 unspecified atom stereocenters. The number of phenolic OH excluding ortho intramolecular Hbond substituents is 1. The zero-order valence-corrected chi connectivity index (χ0v) is 12.9. The zero-order chi connectivity index (χ0) is 15.9. The fraction of sp³-hybridized carbons (Fsp3) is 0.211. The Morgan fingerprint density at radius 3 is 2.36 bits per heavy atom. The molecule has 0 fully saturated rings. The molecule has 1 aliphatic heterocycles. The van der Waals surface area contributed by atoms with Gasteiger partial charge in [0.25, 0.3) is 0 Å². The molecule has 0 aromatic heterocycles. The van der Waals surface area contributed by atoms with Crippen molar-refractivity contribution >= 4 is 11.9 Å². The lowest BCUT2D eigenvalue weighted by Gasteiger charge is -2.18. The van der Waals surface area contributed by atoms with Crippen LogP contribution in [0.1, 0.15) is 42.3 Å². The van der Waals surface area contributed by atoms with Crippen LogP contribution in [0.15, 0.2) is 48.2 Å². The van der Waals surface area contributed by atoms with Gasteiger partial charge in [-0.2, -0.15) is 0 Å². The number of aromatic hydroxyl groups is 1. The SMILES string of the molecule is CC(C)(C)c1ccc(/C=C2\Oc3cc(O)ccc3C2=O)cc1. The second-order valence-electron chi connectivity index (χ2n) is 6.49. The summed E-state index contributed by atoms with van der Waals surface area (Å²) in [6.45, 7) is 6.48. The summed E-state index contributed by atoms with van der Waals surface area (Å²) in [5, 5.41) is 9.45. The van der Waals surface area contributed by atoms with Crippen LogP contribution in [-0.2, 0) is 5.41 Å². The molecule has 0 atom stereocenters. The van der Waals surface area contributed by atoms with Crippen molar-refractivity contribution < 1.29 is 14.6 Å². The van der Waals surface area contributed by atoms with E-state index < -0.39 is 0 Å². The summed E-state index contributed by atoms with van der Waals surface area (Å²) in [4.78, 5) is 12.3. The first-order valence-electron chi connectivity index (χ1n) is 7.22. The van der Waals surface area contributed by atoms with Crippen molar-refractivity contribution in [2.75, 3.05) is 0 Å². The highest BCUT2D eigenvalue weighted by atomic mass is 16.5. The van der Waals surface area contributed by atoms with Gasteiger partial charge in [-0.25, -0.2) is 0 Å². The lowest BCUT2D eigenvalue weighted by atomic mass is 9.86. The number of fused-ring (bicyclic) bond motifs is 1. The van der Waals surface area contributed by atoms with Gasteiger partial charge in [-0.15, -0.1) is 0 Å². The number of allylic oxidation sites excluding steroid dienone is 1. The molecule has 0 aliphatic carbocycles. The topological polar surface area (TPSA) is 46.5 Å². The van der Waals surface area contributed by atoms with Crippen LogP contribution in [0, 0.1) is 0 Å². The average molecular weight is 294 g/mol. The molecule has 2 aromatic carbocycles. The lowest BCUT2D eigenvalue weighted by molar-refractivity contribution is 0.101. The molecule has 0 amide bonds. The first-order chi connectivity index (χ1) is 10.3. The highest BCUT2D eigenvalue weighted by Gasteiger charge is 2.27. The van der Waals surface area contributed by atoms with Crippen LogP contribution in [0.3, 0.4) is 0 Å². The van der Waals surface area contributed by atoms with Crippen molar-refractivity contribution in [3.05, 3.63) is 64.9 Å². The maximum Gasteiger partial charge on any atom is 0.231 e. The largest absolute Gasteiger partial charge is 0.508 e. The van der Waals surface area contributed by atoms with Gasteiger partial charge in [-0.3, -0.25) is 4.79 Å². The summed E-state index contributed by atoms with van der Waals surface area (Å²) < 4.78 is 5.55. The first-order valence-corrected chi connectivity index (χ1v) is 7.22. The second-order valence-corrected chi connectivity index (χ2v) is 6.49. The summed E-state index contributed by atoms with van der Waals surface area (Å²) in [6, 6.07) is 12.6. The van der Waals surface area contributed by atoms with Crippen molar-refractivity contribution in [3.63, 3.8) is 0 Å². The van der Waals surface area contributed by atoms with Crippen LogP contribution in [0.5, 0.6) is 11.5 Å². The van der Waals surface area contributed by atoms with Gasteiger partial charge < -0.3 is 9.84 Å². The van der Waals surface area contributed by atoms with Gasteiger partial charge in [0.05, 0.1) is 5.56 Å². The quantitative estimate of drug-likeness (QED) is 0.797. The molecule has 0 bridgehead atoms. The fourth-order valence-corrected chi connectivity index (χ4v) is 2.41. The van der Waals surface area contributed by atoms with Gasteiger partial charge >= 0.3 is 0 Å². The van der Waals surface area contributed by atoms with Gasteiger partial charge in [-0.05, 0) is 34.8 Å². The molecule has 2 aromatic rings. The molecule has 112 valence electrons. The number of rotatable bonds is 1. The molecular weight excluding hydrogens is 276 g/mol. The Hall–Kier alpha value is -2.55. The third-order valence-electron chi connectivity index (χ3n) is 3.73. The number of hydrogen-bond acceptors (Lipinski definition) is 3. The van der Waals surface area contributed by atoms with E-state index in [-0.39, 0.29) is 22.7 Å². The van der Waals surface area contributed by atoms with E-state index in [1.807, 2.05) is 12.1 Å². The van der Waals surface area contributed by atoms with Gasteiger partial charge in [-0.1, -0.05) is 45.0 Å². The standard InChI is InChI=1S/C19H18O3/c1-19(2,3)13-6-4-12(5-7-13)10-17-18(21)15-9-8-14(20)11-16(15)22-17/h4-11,20H,1-3H3/b17-10-. The van der Waals surface area contributed by atoms with Gasteiger partial charge in [0.1, 0.15) is 11.5 Å². The molecule has 0 radical (unpaired) electrons.